The van der Waals surface area contributed by atoms with Crippen molar-refractivity contribution in [3.05, 3.63) is 30.1 Å². The number of likely N-dealkylation sites (N-methyl/N-ethyl adjacent to an activating group) is 1. The Kier molecular flexibility index (Phi) is 4.70. The topological polar surface area (TPSA) is 53.6 Å². The van der Waals surface area contributed by atoms with Crippen molar-refractivity contribution in [2.45, 2.75) is 6.10 Å². The molecule has 1 fully saturated rings. The summed E-state index contributed by atoms with van der Waals surface area (Å²) in [5, 5.41) is 5.71. The highest BCUT2D eigenvalue weighted by atomic mass is 19.1. The second kappa shape index (κ2) is 6.49. The number of nitrogens with one attached hydrogen (secondary N) is 2. The predicted octanol–water partition coefficient (Wildman–Crippen LogP) is 1.28. The number of rotatable bonds is 3. The lowest BCUT2D eigenvalue weighted by molar-refractivity contribution is -0.00999. The second-order valence-electron chi connectivity index (χ2n) is 4.44. The van der Waals surface area contributed by atoms with Gasteiger partial charge in [0.25, 0.3) is 0 Å². The molecule has 19 heavy (non-hydrogen) atoms. The number of hydrogen-bond donors (Lipinski definition) is 2. The van der Waals surface area contributed by atoms with Gasteiger partial charge in [0, 0.05) is 25.3 Å². The zero-order valence-electron chi connectivity index (χ0n) is 10.9. The minimum Gasteiger partial charge on any atom is -0.373 e. The Labute approximate surface area is 111 Å². The SMILES string of the molecule is CNCC1CN(C(=O)Nc2cccc(F)c2)CCO1. The Balaban J connectivity index is 1.92. The molecule has 0 aliphatic carbocycles. The summed E-state index contributed by atoms with van der Waals surface area (Å²) in [5.74, 6) is -0.368. The summed E-state index contributed by atoms with van der Waals surface area (Å²) >= 11 is 0. The smallest absolute Gasteiger partial charge is 0.322 e. The van der Waals surface area contributed by atoms with Crippen LogP contribution >= 0.6 is 0 Å². The molecule has 0 aromatic heterocycles. The highest BCUT2D eigenvalue weighted by molar-refractivity contribution is 5.89. The summed E-state index contributed by atoms with van der Waals surface area (Å²) in [4.78, 5) is 13.7. The number of hydrogen-bond acceptors (Lipinski definition) is 3. The van der Waals surface area contributed by atoms with E-state index in [0.29, 0.717) is 31.9 Å². The maximum atomic E-state index is 13.0. The molecule has 1 atom stereocenters. The first kappa shape index (κ1) is 13.8. The molecular weight excluding hydrogens is 249 g/mol. The van der Waals surface area contributed by atoms with E-state index in [2.05, 4.69) is 10.6 Å². The van der Waals surface area contributed by atoms with E-state index in [1.54, 1.807) is 17.0 Å². The third kappa shape index (κ3) is 3.90. The Bertz CT molecular complexity index is 440. The van der Waals surface area contributed by atoms with Crippen LogP contribution in [0.1, 0.15) is 0 Å². The highest BCUT2D eigenvalue weighted by Gasteiger charge is 2.23. The number of nitrogens with zero attached hydrogens (tertiary/aromatic N) is 1. The van der Waals surface area contributed by atoms with Crippen LogP contribution in [-0.2, 0) is 4.74 Å². The van der Waals surface area contributed by atoms with Gasteiger partial charge in [0.2, 0.25) is 0 Å². The molecule has 5 nitrogen and oxygen atoms in total. The number of halogens is 1. The number of benzene rings is 1. The average molecular weight is 267 g/mol. The van der Waals surface area contributed by atoms with Crippen molar-refractivity contribution < 1.29 is 13.9 Å². The standard InChI is InChI=1S/C13H18FN3O2/c1-15-8-12-9-17(5-6-19-12)13(18)16-11-4-2-3-10(14)7-11/h2-4,7,12,15H,5-6,8-9H2,1H3,(H,16,18). The van der Waals surface area contributed by atoms with Crippen LogP contribution in [0.3, 0.4) is 0 Å². The second-order valence-corrected chi connectivity index (χ2v) is 4.44. The van der Waals surface area contributed by atoms with Crippen molar-refractivity contribution >= 4 is 11.7 Å². The quantitative estimate of drug-likeness (QED) is 0.867. The third-order valence-electron chi connectivity index (χ3n) is 2.93. The van der Waals surface area contributed by atoms with Gasteiger partial charge in [-0.2, -0.15) is 0 Å². The molecule has 0 spiro atoms. The van der Waals surface area contributed by atoms with Gasteiger partial charge in [0.15, 0.2) is 0 Å². The Morgan fingerprint density at radius 3 is 3.16 bits per heavy atom. The van der Waals surface area contributed by atoms with Gasteiger partial charge in [-0.15, -0.1) is 0 Å². The van der Waals surface area contributed by atoms with Crippen LogP contribution in [0.2, 0.25) is 0 Å². The van der Waals surface area contributed by atoms with Crippen LogP contribution in [0.4, 0.5) is 14.9 Å². The fourth-order valence-electron chi connectivity index (χ4n) is 2.02. The van der Waals surface area contributed by atoms with E-state index in [4.69, 9.17) is 4.74 Å². The van der Waals surface area contributed by atoms with Crippen LogP contribution in [0, 0.1) is 5.82 Å². The molecule has 1 saturated heterocycles. The van der Waals surface area contributed by atoms with E-state index in [1.165, 1.54) is 12.1 Å². The molecule has 2 N–H and O–H groups in total. The summed E-state index contributed by atoms with van der Waals surface area (Å²) in [6.45, 7) is 2.29. The summed E-state index contributed by atoms with van der Waals surface area (Å²) < 4.78 is 18.6. The molecule has 1 aliphatic rings. The first-order valence-corrected chi connectivity index (χ1v) is 6.26. The van der Waals surface area contributed by atoms with E-state index < -0.39 is 0 Å². The zero-order valence-corrected chi connectivity index (χ0v) is 10.9. The Hall–Kier alpha value is -1.66. The maximum Gasteiger partial charge on any atom is 0.322 e. The van der Waals surface area contributed by atoms with Gasteiger partial charge >= 0.3 is 6.03 Å². The predicted molar refractivity (Wildman–Crippen MR) is 70.7 cm³/mol. The van der Waals surface area contributed by atoms with Gasteiger partial charge in [0.1, 0.15) is 5.82 Å². The fraction of sp³-hybridized carbons (Fsp3) is 0.462. The Morgan fingerprint density at radius 1 is 1.58 bits per heavy atom. The van der Waals surface area contributed by atoms with Gasteiger partial charge in [-0.3, -0.25) is 0 Å². The molecule has 2 amide bonds. The van der Waals surface area contributed by atoms with Gasteiger partial charge in [-0.05, 0) is 25.2 Å². The molecule has 104 valence electrons. The number of ether oxygens (including phenoxy) is 1. The lowest BCUT2D eigenvalue weighted by Crippen LogP contribution is -2.49. The molecule has 1 aliphatic heterocycles. The maximum absolute atomic E-state index is 13.0. The number of amides is 2. The summed E-state index contributed by atoms with van der Waals surface area (Å²) in [5.41, 5.74) is 0.460. The highest BCUT2D eigenvalue weighted by Crippen LogP contribution is 2.12. The minimum atomic E-state index is -0.368. The van der Waals surface area contributed by atoms with Crippen molar-refractivity contribution in [2.75, 3.05) is 38.6 Å². The number of carbonyl (C=O) groups is 1. The minimum absolute atomic E-state index is 0.00277. The first-order valence-electron chi connectivity index (χ1n) is 6.26. The van der Waals surface area contributed by atoms with Crippen LogP contribution in [0.5, 0.6) is 0 Å². The van der Waals surface area contributed by atoms with Crippen molar-refractivity contribution in [3.8, 4) is 0 Å². The van der Waals surface area contributed by atoms with Crippen LogP contribution in [-0.4, -0.2) is 50.3 Å². The molecule has 1 aromatic carbocycles. The molecule has 2 rings (SSSR count). The molecule has 6 heteroatoms. The van der Waals surface area contributed by atoms with E-state index in [-0.39, 0.29) is 18.0 Å². The molecular formula is C13H18FN3O2. The molecule has 0 radical (unpaired) electrons. The van der Waals surface area contributed by atoms with Crippen molar-refractivity contribution in [2.24, 2.45) is 0 Å². The van der Waals surface area contributed by atoms with E-state index in [9.17, 15) is 9.18 Å². The van der Waals surface area contributed by atoms with Gasteiger partial charge in [0.05, 0.1) is 12.7 Å². The lowest BCUT2D eigenvalue weighted by Gasteiger charge is -2.32. The Morgan fingerprint density at radius 2 is 2.42 bits per heavy atom. The van der Waals surface area contributed by atoms with E-state index >= 15 is 0 Å². The van der Waals surface area contributed by atoms with Crippen molar-refractivity contribution in [3.63, 3.8) is 0 Å². The molecule has 1 unspecified atom stereocenters. The van der Waals surface area contributed by atoms with E-state index in [0.717, 1.165) is 0 Å². The number of morpholine rings is 1. The van der Waals surface area contributed by atoms with Crippen LogP contribution < -0.4 is 10.6 Å². The number of anilines is 1. The van der Waals surface area contributed by atoms with Crippen molar-refractivity contribution in [1.82, 2.24) is 10.2 Å². The van der Waals surface area contributed by atoms with Crippen LogP contribution in [0.15, 0.2) is 24.3 Å². The summed E-state index contributed by atoms with van der Waals surface area (Å²) in [6, 6.07) is 5.63. The number of carbonyl (C=O) groups excluding carboxylic acids is 1. The monoisotopic (exact) mass is 267 g/mol. The molecule has 0 bridgehead atoms. The lowest BCUT2D eigenvalue weighted by atomic mass is 10.2. The zero-order chi connectivity index (χ0) is 13.7. The fourth-order valence-corrected chi connectivity index (χ4v) is 2.02. The number of urea groups is 1. The van der Waals surface area contributed by atoms with Gasteiger partial charge in [-0.1, -0.05) is 6.07 Å². The normalized spacial score (nSPS) is 19.3. The van der Waals surface area contributed by atoms with Gasteiger partial charge in [-0.25, -0.2) is 9.18 Å². The van der Waals surface area contributed by atoms with Crippen molar-refractivity contribution in [1.29, 1.82) is 0 Å². The molecule has 1 aromatic rings. The summed E-state index contributed by atoms with van der Waals surface area (Å²) in [7, 11) is 1.84. The van der Waals surface area contributed by atoms with Gasteiger partial charge < -0.3 is 20.3 Å². The third-order valence-corrected chi connectivity index (χ3v) is 2.93. The average Bonchev–Trinajstić information content (AvgIpc) is 2.39. The molecule has 1 heterocycles. The largest absolute Gasteiger partial charge is 0.373 e. The first-order chi connectivity index (χ1) is 9.19. The summed E-state index contributed by atoms with van der Waals surface area (Å²) in [6.07, 6.45) is -0.00277. The van der Waals surface area contributed by atoms with E-state index in [1.807, 2.05) is 7.05 Å². The molecule has 0 saturated carbocycles. The van der Waals surface area contributed by atoms with Crippen LogP contribution in [0.25, 0.3) is 0 Å².